The summed E-state index contributed by atoms with van der Waals surface area (Å²) in [5.74, 6) is 0.854. The minimum Gasteiger partial charge on any atom is -0.391 e. The first-order chi connectivity index (χ1) is 5.61. The summed E-state index contributed by atoms with van der Waals surface area (Å²) in [6.07, 6.45) is 3.80. The normalized spacial score (nSPS) is 12.4. The summed E-state index contributed by atoms with van der Waals surface area (Å²) < 4.78 is 0. The Morgan fingerprint density at radius 3 is 2.25 bits per heavy atom. The summed E-state index contributed by atoms with van der Waals surface area (Å²) in [4.78, 5) is 0. The van der Waals surface area contributed by atoms with E-state index in [1.165, 1.54) is 30.5 Å². The molecule has 0 aliphatic carbocycles. The van der Waals surface area contributed by atoms with Gasteiger partial charge in [-0.25, -0.2) is 0 Å². The van der Waals surface area contributed by atoms with Gasteiger partial charge in [-0.2, -0.15) is 0 Å². The van der Waals surface area contributed by atoms with Gasteiger partial charge in [-0.15, -0.1) is 0 Å². The molecule has 0 aliphatic rings. The highest BCUT2D eigenvalue weighted by Gasteiger charge is 2.01. The van der Waals surface area contributed by atoms with Gasteiger partial charge < -0.3 is 5.32 Å². The van der Waals surface area contributed by atoms with Gasteiger partial charge in [0.25, 0.3) is 0 Å². The maximum atomic E-state index is 3.26. The molecule has 72 valence electrons. The lowest BCUT2D eigenvalue weighted by atomic mass is 10.0. The van der Waals surface area contributed by atoms with Crippen molar-refractivity contribution >= 4 is 0 Å². The molecule has 0 fully saturated rings. The van der Waals surface area contributed by atoms with Gasteiger partial charge in [-0.3, -0.25) is 0 Å². The Labute approximate surface area is 77.2 Å². The van der Waals surface area contributed by atoms with Gasteiger partial charge in [0.2, 0.25) is 0 Å². The van der Waals surface area contributed by atoms with Gasteiger partial charge in [-0.05, 0) is 32.6 Å². The Hall–Kier alpha value is -0.460. The molecule has 1 unspecified atom stereocenters. The summed E-state index contributed by atoms with van der Waals surface area (Å²) in [6, 6.07) is 0. The van der Waals surface area contributed by atoms with Crippen LogP contribution in [-0.4, -0.2) is 7.05 Å². The molecule has 0 rings (SSSR count). The summed E-state index contributed by atoms with van der Waals surface area (Å²) >= 11 is 0. The zero-order chi connectivity index (χ0) is 9.56. The Balaban J connectivity index is 3.82. The Morgan fingerprint density at radius 1 is 1.33 bits per heavy atom. The Bertz CT molecular complexity index is 143. The maximum Gasteiger partial charge on any atom is 0.00904 e. The van der Waals surface area contributed by atoms with Crippen LogP contribution >= 0.6 is 0 Å². The van der Waals surface area contributed by atoms with E-state index in [-0.39, 0.29) is 0 Å². The van der Waals surface area contributed by atoms with Gasteiger partial charge >= 0.3 is 0 Å². The Morgan fingerprint density at radius 2 is 1.92 bits per heavy atom. The van der Waals surface area contributed by atoms with E-state index < -0.39 is 0 Å². The SMILES string of the molecule is CCC(C)CCC(NC)=C(C)C. The quantitative estimate of drug-likeness (QED) is 0.665. The molecule has 1 N–H and O–H groups in total. The average Bonchev–Trinajstić information content (AvgIpc) is 2.04. The van der Waals surface area contributed by atoms with Gasteiger partial charge in [-0.1, -0.05) is 25.8 Å². The second kappa shape index (κ2) is 6.10. The zero-order valence-electron chi connectivity index (χ0n) is 9.20. The fraction of sp³-hybridized carbons (Fsp3) is 0.818. The third-order valence-electron chi connectivity index (χ3n) is 2.49. The van der Waals surface area contributed by atoms with E-state index in [2.05, 4.69) is 33.0 Å². The molecule has 0 saturated carbocycles. The highest BCUT2D eigenvalue weighted by Crippen LogP contribution is 2.14. The molecule has 0 spiro atoms. The first-order valence-corrected chi connectivity index (χ1v) is 4.95. The van der Waals surface area contributed by atoms with Crippen LogP contribution in [0.15, 0.2) is 11.3 Å². The molecule has 1 atom stereocenters. The van der Waals surface area contributed by atoms with Crippen LogP contribution in [0.25, 0.3) is 0 Å². The second-order valence-corrected chi connectivity index (χ2v) is 3.78. The van der Waals surface area contributed by atoms with Crippen molar-refractivity contribution in [2.24, 2.45) is 5.92 Å². The molecule has 0 radical (unpaired) electrons. The van der Waals surface area contributed by atoms with Crippen molar-refractivity contribution in [3.63, 3.8) is 0 Å². The van der Waals surface area contributed by atoms with E-state index in [0.29, 0.717) is 0 Å². The van der Waals surface area contributed by atoms with Crippen molar-refractivity contribution in [1.82, 2.24) is 5.32 Å². The minimum absolute atomic E-state index is 0.854. The van der Waals surface area contributed by atoms with Crippen LogP contribution in [-0.2, 0) is 0 Å². The molecule has 0 aromatic heterocycles. The van der Waals surface area contributed by atoms with Crippen molar-refractivity contribution < 1.29 is 0 Å². The Kier molecular flexibility index (Phi) is 5.87. The monoisotopic (exact) mass is 169 g/mol. The van der Waals surface area contributed by atoms with Crippen molar-refractivity contribution in [2.75, 3.05) is 7.05 Å². The topological polar surface area (TPSA) is 12.0 Å². The standard InChI is InChI=1S/C11H23N/c1-6-10(4)7-8-11(12-5)9(2)3/h10,12H,6-8H2,1-5H3. The lowest BCUT2D eigenvalue weighted by Gasteiger charge is -2.12. The lowest BCUT2D eigenvalue weighted by Crippen LogP contribution is -2.08. The lowest BCUT2D eigenvalue weighted by molar-refractivity contribution is 0.508. The van der Waals surface area contributed by atoms with Crippen molar-refractivity contribution in [1.29, 1.82) is 0 Å². The number of allylic oxidation sites excluding steroid dienone is 2. The van der Waals surface area contributed by atoms with E-state index in [0.717, 1.165) is 5.92 Å². The van der Waals surface area contributed by atoms with Crippen LogP contribution < -0.4 is 5.32 Å². The van der Waals surface area contributed by atoms with Crippen LogP contribution in [0.2, 0.25) is 0 Å². The summed E-state index contributed by atoms with van der Waals surface area (Å²) in [5, 5.41) is 3.26. The minimum atomic E-state index is 0.854. The van der Waals surface area contributed by atoms with E-state index >= 15 is 0 Å². The van der Waals surface area contributed by atoms with E-state index in [4.69, 9.17) is 0 Å². The van der Waals surface area contributed by atoms with E-state index in [1.807, 2.05) is 7.05 Å². The molecule has 0 amide bonds. The average molecular weight is 169 g/mol. The number of rotatable bonds is 5. The van der Waals surface area contributed by atoms with Gasteiger partial charge in [0.1, 0.15) is 0 Å². The predicted octanol–water partition coefficient (Wildman–Crippen LogP) is 3.33. The molecule has 1 nitrogen and oxygen atoms in total. The van der Waals surface area contributed by atoms with Crippen LogP contribution in [0.1, 0.15) is 47.0 Å². The molecule has 0 aliphatic heterocycles. The molecule has 0 aromatic carbocycles. The molecular weight excluding hydrogens is 146 g/mol. The fourth-order valence-corrected chi connectivity index (χ4v) is 1.22. The molecule has 0 heterocycles. The first kappa shape index (κ1) is 11.5. The first-order valence-electron chi connectivity index (χ1n) is 4.95. The highest BCUT2D eigenvalue weighted by atomic mass is 14.8. The molecule has 0 bridgehead atoms. The highest BCUT2D eigenvalue weighted by molar-refractivity contribution is 5.06. The van der Waals surface area contributed by atoms with Crippen LogP contribution in [0.3, 0.4) is 0 Å². The molecule has 0 aromatic rings. The maximum absolute atomic E-state index is 3.26. The number of hydrogen-bond donors (Lipinski definition) is 1. The van der Waals surface area contributed by atoms with Gasteiger partial charge in [0, 0.05) is 12.7 Å². The molecular formula is C11H23N. The van der Waals surface area contributed by atoms with Crippen LogP contribution in [0.4, 0.5) is 0 Å². The molecule has 12 heavy (non-hydrogen) atoms. The third kappa shape index (κ3) is 4.42. The van der Waals surface area contributed by atoms with Crippen LogP contribution in [0.5, 0.6) is 0 Å². The molecule has 1 heteroatoms. The second-order valence-electron chi connectivity index (χ2n) is 3.78. The smallest absolute Gasteiger partial charge is 0.00904 e. The number of nitrogens with one attached hydrogen (secondary N) is 1. The van der Waals surface area contributed by atoms with Crippen LogP contribution in [0, 0.1) is 5.92 Å². The van der Waals surface area contributed by atoms with Crippen molar-refractivity contribution in [2.45, 2.75) is 47.0 Å². The van der Waals surface area contributed by atoms with Crippen molar-refractivity contribution in [3.05, 3.63) is 11.3 Å². The largest absolute Gasteiger partial charge is 0.391 e. The van der Waals surface area contributed by atoms with E-state index in [9.17, 15) is 0 Å². The third-order valence-corrected chi connectivity index (χ3v) is 2.49. The van der Waals surface area contributed by atoms with Gasteiger partial charge in [0.15, 0.2) is 0 Å². The van der Waals surface area contributed by atoms with Gasteiger partial charge in [0.05, 0.1) is 0 Å². The molecule has 0 saturated heterocycles. The summed E-state index contributed by atoms with van der Waals surface area (Å²) in [5.41, 5.74) is 2.83. The predicted molar refractivity (Wildman–Crippen MR) is 56.1 cm³/mol. The van der Waals surface area contributed by atoms with Crippen molar-refractivity contribution in [3.8, 4) is 0 Å². The summed E-state index contributed by atoms with van der Waals surface area (Å²) in [6.45, 7) is 8.91. The summed E-state index contributed by atoms with van der Waals surface area (Å²) in [7, 11) is 2.01. The fourth-order valence-electron chi connectivity index (χ4n) is 1.22. The number of hydrogen-bond acceptors (Lipinski definition) is 1. The van der Waals surface area contributed by atoms with E-state index in [1.54, 1.807) is 0 Å². The zero-order valence-corrected chi connectivity index (χ0v) is 9.20.